The van der Waals surface area contributed by atoms with Gasteiger partial charge in [-0.15, -0.1) is 0 Å². The first-order chi connectivity index (χ1) is 12.8. The Labute approximate surface area is 154 Å². The molecule has 0 aliphatic heterocycles. The van der Waals surface area contributed by atoms with Crippen molar-refractivity contribution in [3.05, 3.63) is 54.1 Å². The molecule has 0 bridgehead atoms. The van der Waals surface area contributed by atoms with Crippen LogP contribution in [0.25, 0.3) is 0 Å². The van der Waals surface area contributed by atoms with E-state index in [1.807, 2.05) is 0 Å². The van der Waals surface area contributed by atoms with Gasteiger partial charge in [-0.05, 0) is 48.5 Å². The number of carbonyl (C=O) groups excluding carboxylic acids is 1. The molecule has 0 unspecified atom stereocenters. The Kier molecular flexibility index (Phi) is 5.77. The van der Waals surface area contributed by atoms with Gasteiger partial charge in [-0.1, -0.05) is 0 Å². The number of nitrogens with one attached hydrogen (secondary N) is 2. The SMILES string of the molecule is O=C(Nc1ccc(OS(=O)(=O)C(F)(F)F)cc1)Nc1ccc(C(F)(F)F)cc1. The van der Waals surface area contributed by atoms with E-state index in [1.54, 1.807) is 0 Å². The number of carbonyl (C=O) groups is 1. The van der Waals surface area contributed by atoms with Crippen LogP contribution in [0.1, 0.15) is 5.56 Å². The van der Waals surface area contributed by atoms with Gasteiger partial charge in [-0.2, -0.15) is 34.8 Å². The van der Waals surface area contributed by atoms with Gasteiger partial charge in [0, 0.05) is 11.4 Å². The molecule has 2 amide bonds. The fourth-order valence-electron chi connectivity index (χ4n) is 1.80. The van der Waals surface area contributed by atoms with E-state index in [2.05, 4.69) is 14.8 Å². The van der Waals surface area contributed by atoms with Crippen molar-refractivity contribution in [1.29, 1.82) is 0 Å². The fraction of sp³-hybridized carbons (Fsp3) is 0.133. The summed E-state index contributed by atoms with van der Waals surface area (Å²) in [6.07, 6.45) is -4.52. The van der Waals surface area contributed by atoms with Gasteiger partial charge in [0.2, 0.25) is 0 Å². The number of anilines is 2. The number of hydrogen-bond acceptors (Lipinski definition) is 4. The van der Waals surface area contributed by atoms with Gasteiger partial charge in [0.25, 0.3) is 0 Å². The Bertz CT molecular complexity index is 938. The summed E-state index contributed by atoms with van der Waals surface area (Å²) in [4.78, 5) is 11.8. The minimum absolute atomic E-state index is 0.0566. The Morgan fingerprint density at radius 1 is 0.786 bits per heavy atom. The zero-order chi connectivity index (χ0) is 21.2. The molecule has 0 aromatic heterocycles. The molecule has 28 heavy (non-hydrogen) atoms. The lowest BCUT2D eigenvalue weighted by Gasteiger charge is -2.11. The first kappa shape index (κ1) is 21.3. The van der Waals surface area contributed by atoms with Crippen molar-refractivity contribution in [1.82, 2.24) is 0 Å². The molecule has 6 nitrogen and oxygen atoms in total. The quantitative estimate of drug-likeness (QED) is 0.424. The maximum Gasteiger partial charge on any atom is 0.534 e. The number of benzene rings is 2. The Balaban J connectivity index is 1.98. The molecule has 0 spiro atoms. The normalized spacial score (nSPS) is 12.4. The Hall–Kier alpha value is -2.96. The van der Waals surface area contributed by atoms with Gasteiger partial charge < -0.3 is 14.8 Å². The van der Waals surface area contributed by atoms with Gasteiger partial charge in [0.05, 0.1) is 5.56 Å². The van der Waals surface area contributed by atoms with E-state index < -0.39 is 39.1 Å². The average Bonchev–Trinajstić information content (AvgIpc) is 2.55. The first-order valence-corrected chi connectivity index (χ1v) is 8.55. The number of halogens is 6. The lowest BCUT2D eigenvalue weighted by molar-refractivity contribution is -0.137. The monoisotopic (exact) mass is 428 g/mol. The maximum absolute atomic E-state index is 12.5. The van der Waals surface area contributed by atoms with Crippen LogP contribution < -0.4 is 14.8 Å². The average molecular weight is 428 g/mol. The third-order valence-corrected chi connectivity index (χ3v) is 4.05. The molecule has 2 aromatic rings. The van der Waals surface area contributed by atoms with E-state index in [0.717, 1.165) is 48.5 Å². The highest BCUT2D eigenvalue weighted by Gasteiger charge is 2.48. The smallest absolute Gasteiger partial charge is 0.376 e. The topological polar surface area (TPSA) is 84.5 Å². The van der Waals surface area contributed by atoms with Crippen LogP contribution in [-0.4, -0.2) is 20.0 Å². The number of rotatable bonds is 4. The van der Waals surface area contributed by atoms with Crippen molar-refractivity contribution in [2.24, 2.45) is 0 Å². The molecule has 0 saturated carbocycles. The second kappa shape index (κ2) is 7.58. The largest absolute Gasteiger partial charge is 0.534 e. The van der Waals surface area contributed by atoms with Crippen LogP contribution in [0, 0.1) is 0 Å². The van der Waals surface area contributed by atoms with Crippen LogP contribution in [0.5, 0.6) is 5.75 Å². The zero-order valence-electron chi connectivity index (χ0n) is 13.4. The molecular formula is C15H10F6N2O4S. The summed E-state index contributed by atoms with van der Waals surface area (Å²) in [6.45, 7) is 0. The van der Waals surface area contributed by atoms with Crippen molar-refractivity contribution in [2.45, 2.75) is 11.7 Å². The van der Waals surface area contributed by atoms with Gasteiger partial charge in [-0.25, -0.2) is 4.79 Å². The molecule has 13 heteroatoms. The third-order valence-electron chi connectivity index (χ3n) is 3.07. The van der Waals surface area contributed by atoms with Gasteiger partial charge >= 0.3 is 27.8 Å². The van der Waals surface area contributed by atoms with Crippen LogP contribution in [0.15, 0.2) is 48.5 Å². The lowest BCUT2D eigenvalue weighted by atomic mass is 10.2. The summed E-state index contributed by atoms with van der Waals surface area (Å²) in [6, 6.07) is 6.61. The van der Waals surface area contributed by atoms with Gasteiger partial charge in [-0.3, -0.25) is 0 Å². The number of alkyl halides is 6. The maximum atomic E-state index is 12.5. The molecule has 0 radical (unpaired) electrons. The summed E-state index contributed by atoms with van der Waals surface area (Å²) in [7, 11) is -5.82. The van der Waals surface area contributed by atoms with Gasteiger partial charge in [0.15, 0.2) is 0 Å². The predicted octanol–water partition coefficient (Wildman–Crippen LogP) is 4.58. The molecule has 0 fully saturated rings. The molecule has 2 rings (SSSR count). The highest BCUT2D eigenvalue weighted by atomic mass is 32.2. The van der Waals surface area contributed by atoms with Gasteiger partial charge in [0.1, 0.15) is 5.75 Å². The standard InChI is InChI=1S/C15H10F6N2O4S/c16-14(17,18)9-1-3-10(4-2-9)22-13(24)23-11-5-7-12(8-6-11)27-28(25,26)15(19,20)21/h1-8H,(H2,22,23,24). The molecule has 0 saturated heterocycles. The molecular weight excluding hydrogens is 418 g/mol. The summed E-state index contributed by atoms with van der Waals surface area (Å²) >= 11 is 0. The summed E-state index contributed by atoms with van der Waals surface area (Å²) in [5.41, 5.74) is -6.38. The van der Waals surface area contributed by atoms with E-state index in [0.29, 0.717) is 0 Å². The number of hydrogen-bond donors (Lipinski definition) is 2. The fourth-order valence-corrected chi connectivity index (χ4v) is 2.26. The highest BCUT2D eigenvalue weighted by molar-refractivity contribution is 7.88. The van der Waals surface area contributed by atoms with Crippen LogP contribution in [-0.2, 0) is 16.3 Å². The Morgan fingerprint density at radius 3 is 1.61 bits per heavy atom. The number of amides is 2. The first-order valence-electron chi connectivity index (χ1n) is 7.14. The Morgan fingerprint density at radius 2 is 1.21 bits per heavy atom. The molecule has 0 atom stereocenters. The predicted molar refractivity (Wildman–Crippen MR) is 86.1 cm³/mol. The minimum Gasteiger partial charge on any atom is -0.376 e. The van der Waals surface area contributed by atoms with Crippen molar-refractivity contribution in [2.75, 3.05) is 10.6 Å². The van der Waals surface area contributed by atoms with Crippen LogP contribution in [0.2, 0.25) is 0 Å². The third kappa shape index (κ3) is 5.52. The highest BCUT2D eigenvalue weighted by Crippen LogP contribution is 2.30. The van der Waals surface area contributed by atoms with Crippen LogP contribution >= 0.6 is 0 Å². The van der Waals surface area contributed by atoms with E-state index in [1.165, 1.54) is 0 Å². The van der Waals surface area contributed by atoms with Crippen molar-refractivity contribution in [3.63, 3.8) is 0 Å². The van der Waals surface area contributed by atoms with Crippen LogP contribution in [0.4, 0.5) is 42.5 Å². The molecule has 0 heterocycles. The molecule has 2 aromatic carbocycles. The van der Waals surface area contributed by atoms with Crippen molar-refractivity contribution < 1.29 is 43.7 Å². The van der Waals surface area contributed by atoms with Crippen LogP contribution in [0.3, 0.4) is 0 Å². The van der Waals surface area contributed by atoms with E-state index in [-0.39, 0.29) is 11.4 Å². The zero-order valence-corrected chi connectivity index (χ0v) is 14.2. The van der Waals surface area contributed by atoms with E-state index in [4.69, 9.17) is 0 Å². The molecule has 0 aliphatic carbocycles. The molecule has 0 aliphatic rings. The lowest BCUT2D eigenvalue weighted by Crippen LogP contribution is -2.28. The molecule has 152 valence electrons. The van der Waals surface area contributed by atoms with Crippen molar-refractivity contribution >= 4 is 27.5 Å². The second-order valence-corrected chi connectivity index (χ2v) is 6.70. The van der Waals surface area contributed by atoms with Crippen molar-refractivity contribution in [3.8, 4) is 5.75 Å². The summed E-state index contributed by atoms with van der Waals surface area (Å²) in [5.74, 6) is -0.633. The van der Waals surface area contributed by atoms with E-state index >= 15 is 0 Å². The number of urea groups is 1. The minimum atomic E-state index is -5.82. The molecule has 2 N–H and O–H groups in total. The van der Waals surface area contributed by atoms with E-state index in [9.17, 15) is 39.6 Å². The summed E-state index contributed by atoms with van der Waals surface area (Å²) in [5, 5.41) is 4.50. The summed E-state index contributed by atoms with van der Waals surface area (Å²) < 4.78 is 99.7. The second-order valence-electron chi connectivity index (χ2n) is 5.16.